The molecule has 2 aromatic carbocycles. The van der Waals surface area contributed by atoms with Crippen molar-refractivity contribution in [2.45, 2.75) is 12.8 Å². The van der Waals surface area contributed by atoms with Gasteiger partial charge < -0.3 is 24.3 Å². The SMILES string of the molecule is COc1cc(Nc2cncc(Oc3cccc(C4=CCCC=C4)c3)n2)cc(OC)c1OC. The molecule has 164 valence electrons. The van der Waals surface area contributed by atoms with Crippen LogP contribution < -0.4 is 24.3 Å². The second-order valence-electron chi connectivity index (χ2n) is 7.05. The summed E-state index contributed by atoms with van der Waals surface area (Å²) in [7, 11) is 4.71. The van der Waals surface area contributed by atoms with Gasteiger partial charge in [-0.1, -0.05) is 30.4 Å². The molecule has 0 atom stereocenters. The number of nitrogens with one attached hydrogen (secondary N) is 1. The molecule has 0 amide bonds. The molecule has 0 fully saturated rings. The molecule has 0 saturated heterocycles. The minimum Gasteiger partial charge on any atom is -0.493 e. The Balaban J connectivity index is 1.54. The minimum absolute atomic E-state index is 0.382. The largest absolute Gasteiger partial charge is 0.493 e. The van der Waals surface area contributed by atoms with Gasteiger partial charge in [-0.25, -0.2) is 0 Å². The van der Waals surface area contributed by atoms with Crippen LogP contribution in [0, 0.1) is 0 Å². The maximum Gasteiger partial charge on any atom is 0.239 e. The number of hydrogen-bond acceptors (Lipinski definition) is 7. The zero-order valence-electron chi connectivity index (χ0n) is 18.3. The normalized spacial score (nSPS) is 12.7. The number of rotatable bonds is 8. The van der Waals surface area contributed by atoms with Gasteiger partial charge in [0.2, 0.25) is 11.6 Å². The lowest BCUT2D eigenvalue weighted by Crippen LogP contribution is -2.00. The molecule has 3 aromatic rings. The molecule has 0 unspecified atom stereocenters. The number of anilines is 2. The van der Waals surface area contributed by atoms with E-state index in [0.29, 0.717) is 40.4 Å². The number of allylic oxidation sites excluding steroid dienone is 4. The zero-order chi connectivity index (χ0) is 22.3. The van der Waals surface area contributed by atoms with Crippen LogP contribution in [0.15, 0.2) is 67.0 Å². The Morgan fingerprint density at radius 1 is 0.906 bits per heavy atom. The van der Waals surface area contributed by atoms with Crippen LogP contribution >= 0.6 is 0 Å². The van der Waals surface area contributed by atoms with E-state index in [1.54, 1.807) is 45.9 Å². The topological polar surface area (TPSA) is 74.7 Å². The van der Waals surface area contributed by atoms with E-state index >= 15 is 0 Å². The Morgan fingerprint density at radius 3 is 2.41 bits per heavy atom. The molecular weight excluding hydrogens is 406 g/mol. The number of hydrogen-bond donors (Lipinski definition) is 1. The first kappa shape index (κ1) is 21.2. The molecule has 0 saturated carbocycles. The summed E-state index contributed by atoms with van der Waals surface area (Å²) in [6, 6.07) is 11.5. The molecule has 0 radical (unpaired) electrons. The first-order valence-corrected chi connectivity index (χ1v) is 10.2. The van der Waals surface area contributed by atoms with Crippen molar-refractivity contribution in [3.8, 4) is 28.9 Å². The lowest BCUT2D eigenvalue weighted by atomic mass is 10.00. The van der Waals surface area contributed by atoms with Gasteiger partial charge in [-0.2, -0.15) is 4.98 Å². The smallest absolute Gasteiger partial charge is 0.239 e. The summed E-state index contributed by atoms with van der Waals surface area (Å²) in [6.07, 6.45) is 11.9. The van der Waals surface area contributed by atoms with Crippen molar-refractivity contribution in [1.29, 1.82) is 0 Å². The van der Waals surface area contributed by atoms with Crippen LogP contribution in [0.5, 0.6) is 28.9 Å². The number of benzene rings is 2. The van der Waals surface area contributed by atoms with E-state index in [4.69, 9.17) is 18.9 Å². The highest BCUT2D eigenvalue weighted by Gasteiger charge is 2.14. The molecule has 1 heterocycles. The predicted molar refractivity (Wildman–Crippen MR) is 124 cm³/mol. The summed E-state index contributed by atoms with van der Waals surface area (Å²) in [5, 5.41) is 3.21. The molecule has 0 bridgehead atoms. The van der Waals surface area contributed by atoms with Crippen molar-refractivity contribution in [2.75, 3.05) is 26.6 Å². The maximum atomic E-state index is 5.98. The Morgan fingerprint density at radius 2 is 1.72 bits per heavy atom. The summed E-state index contributed by atoms with van der Waals surface area (Å²) in [5.41, 5.74) is 3.02. The van der Waals surface area contributed by atoms with E-state index < -0.39 is 0 Å². The van der Waals surface area contributed by atoms with Crippen LogP contribution in [-0.2, 0) is 0 Å². The van der Waals surface area contributed by atoms with Crippen LogP contribution in [0.1, 0.15) is 18.4 Å². The van der Waals surface area contributed by atoms with Gasteiger partial charge in [0.05, 0.1) is 33.7 Å². The highest BCUT2D eigenvalue weighted by Crippen LogP contribution is 2.40. The molecule has 7 nitrogen and oxygen atoms in total. The zero-order valence-corrected chi connectivity index (χ0v) is 18.3. The van der Waals surface area contributed by atoms with Crippen molar-refractivity contribution >= 4 is 17.1 Å². The molecule has 0 aliphatic heterocycles. The Labute approximate surface area is 187 Å². The molecule has 4 rings (SSSR count). The summed E-state index contributed by atoms with van der Waals surface area (Å²) < 4.78 is 22.2. The van der Waals surface area contributed by atoms with Crippen molar-refractivity contribution in [3.05, 3.63) is 72.6 Å². The van der Waals surface area contributed by atoms with Gasteiger partial charge in [0.1, 0.15) is 5.75 Å². The molecular formula is C25H25N3O4. The molecule has 1 aliphatic rings. The van der Waals surface area contributed by atoms with Crippen LogP contribution in [0.3, 0.4) is 0 Å². The first-order chi connectivity index (χ1) is 15.7. The average Bonchev–Trinajstić information content (AvgIpc) is 2.84. The van der Waals surface area contributed by atoms with Crippen molar-refractivity contribution in [3.63, 3.8) is 0 Å². The van der Waals surface area contributed by atoms with Gasteiger partial charge in [0, 0.05) is 17.8 Å². The number of nitrogens with zero attached hydrogens (tertiary/aromatic N) is 2. The van der Waals surface area contributed by atoms with E-state index in [9.17, 15) is 0 Å². The van der Waals surface area contributed by atoms with Crippen molar-refractivity contribution in [2.24, 2.45) is 0 Å². The van der Waals surface area contributed by atoms with Gasteiger partial charge >= 0.3 is 0 Å². The van der Waals surface area contributed by atoms with E-state index in [1.807, 2.05) is 18.2 Å². The maximum absolute atomic E-state index is 5.98. The van der Waals surface area contributed by atoms with Gasteiger partial charge in [-0.15, -0.1) is 0 Å². The molecule has 7 heteroatoms. The third-order valence-corrected chi connectivity index (χ3v) is 4.93. The quantitative estimate of drug-likeness (QED) is 0.485. The average molecular weight is 431 g/mol. The van der Waals surface area contributed by atoms with Crippen molar-refractivity contribution < 1.29 is 18.9 Å². The molecule has 1 aliphatic carbocycles. The first-order valence-electron chi connectivity index (χ1n) is 10.2. The van der Waals surface area contributed by atoms with Crippen molar-refractivity contribution in [1.82, 2.24) is 9.97 Å². The third-order valence-electron chi connectivity index (χ3n) is 4.93. The fraction of sp³-hybridized carbons (Fsp3) is 0.200. The predicted octanol–water partition coefficient (Wildman–Crippen LogP) is 5.77. The molecule has 1 aromatic heterocycles. The van der Waals surface area contributed by atoms with Crippen LogP contribution in [0.4, 0.5) is 11.5 Å². The second-order valence-corrected chi connectivity index (χ2v) is 7.05. The van der Waals surface area contributed by atoms with E-state index in [0.717, 1.165) is 18.4 Å². The summed E-state index contributed by atoms with van der Waals surface area (Å²) >= 11 is 0. The van der Waals surface area contributed by atoms with Gasteiger partial charge in [0.15, 0.2) is 17.3 Å². The summed E-state index contributed by atoms with van der Waals surface area (Å²) in [6.45, 7) is 0. The van der Waals surface area contributed by atoms with Crippen LogP contribution in [0.25, 0.3) is 5.57 Å². The highest BCUT2D eigenvalue weighted by molar-refractivity contribution is 5.75. The number of methoxy groups -OCH3 is 3. The molecule has 1 N–H and O–H groups in total. The standard InChI is InChI=1S/C25H25N3O4/c1-29-21-13-19(14-22(30-2)25(21)31-3)27-23-15-26-16-24(28-23)32-20-11-7-10-18(12-20)17-8-5-4-6-9-17/h5,7-16H,4,6H2,1-3H3,(H,27,28). The van der Waals surface area contributed by atoms with Gasteiger partial charge in [0.25, 0.3) is 0 Å². The van der Waals surface area contributed by atoms with Gasteiger partial charge in [-0.05, 0) is 36.1 Å². The van der Waals surface area contributed by atoms with Crippen LogP contribution in [0.2, 0.25) is 0 Å². The third kappa shape index (κ3) is 4.83. The van der Waals surface area contributed by atoms with Gasteiger partial charge in [-0.3, -0.25) is 4.98 Å². The Bertz CT molecular complexity index is 1130. The fourth-order valence-electron chi connectivity index (χ4n) is 3.45. The van der Waals surface area contributed by atoms with E-state index in [2.05, 4.69) is 39.6 Å². The Hall–Kier alpha value is -4.00. The summed E-state index contributed by atoms with van der Waals surface area (Å²) in [5.74, 6) is 3.20. The number of aromatic nitrogens is 2. The highest BCUT2D eigenvalue weighted by atomic mass is 16.5. The summed E-state index contributed by atoms with van der Waals surface area (Å²) in [4.78, 5) is 8.77. The monoisotopic (exact) mass is 431 g/mol. The second kappa shape index (κ2) is 9.87. The fourth-order valence-corrected chi connectivity index (χ4v) is 3.45. The Kier molecular flexibility index (Phi) is 6.55. The van der Waals surface area contributed by atoms with E-state index in [-0.39, 0.29) is 0 Å². The van der Waals surface area contributed by atoms with E-state index in [1.165, 1.54) is 5.57 Å². The minimum atomic E-state index is 0.382. The number of ether oxygens (including phenoxy) is 4. The van der Waals surface area contributed by atoms with Crippen LogP contribution in [-0.4, -0.2) is 31.3 Å². The lowest BCUT2D eigenvalue weighted by molar-refractivity contribution is 0.324. The lowest BCUT2D eigenvalue weighted by Gasteiger charge is -2.15. The molecule has 0 spiro atoms. The molecule has 32 heavy (non-hydrogen) atoms.